The number of sulfone groups is 1. The predicted molar refractivity (Wildman–Crippen MR) is 81.3 cm³/mol. The minimum absolute atomic E-state index is 0.225. The van der Waals surface area contributed by atoms with E-state index < -0.39 is 9.84 Å². The van der Waals surface area contributed by atoms with Gasteiger partial charge in [-0.05, 0) is 23.3 Å². The lowest BCUT2D eigenvalue weighted by Gasteiger charge is -1.93. The third kappa shape index (κ3) is 2.77. The number of nitrogens with one attached hydrogen (secondary N) is 2. The van der Waals surface area contributed by atoms with Gasteiger partial charge in [0.15, 0.2) is 9.84 Å². The van der Waals surface area contributed by atoms with Crippen LogP contribution in [0.2, 0.25) is 0 Å². The smallest absolute Gasteiger partial charge is 0.158 e. The summed E-state index contributed by atoms with van der Waals surface area (Å²) in [6, 6.07) is 15.7. The number of hydrogen-bond acceptors (Lipinski definition) is 4. The first-order valence-electron chi connectivity index (χ1n) is 6.48. The Hall–Kier alpha value is -2.01. The van der Waals surface area contributed by atoms with E-state index in [0.29, 0.717) is 0 Å². The van der Waals surface area contributed by atoms with Crippen LogP contribution in [0.4, 0.5) is 11.4 Å². The monoisotopic (exact) mass is 288 g/mol. The molecule has 0 atom stereocenters. The van der Waals surface area contributed by atoms with Crippen LogP contribution in [0.15, 0.2) is 48.5 Å². The van der Waals surface area contributed by atoms with Gasteiger partial charge in [-0.3, -0.25) is 0 Å². The fourth-order valence-electron chi connectivity index (χ4n) is 2.39. The van der Waals surface area contributed by atoms with Gasteiger partial charge in [0, 0.05) is 0 Å². The van der Waals surface area contributed by atoms with E-state index in [1.54, 1.807) is 0 Å². The molecule has 0 aliphatic carbocycles. The molecule has 0 bridgehead atoms. The van der Waals surface area contributed by atoms with E-state index in [1.165, 1.54) is 11.4 Å². The molecule has 5 heteroatoms. The van der Waals surface area contributed by atoms with Gasteiger partial charge in [0.1, 0.15) is 0 Å². The first-order chi connectivity index (χ1) is 9.64. The number of anilines is 2. The second-order valence-corrected chi connectivity index (χ2v) is 6.94. The van der Waals surface area contributed by atoms with Crippen molar-refractivity contribution in [2.24, 2.45) is 0 Å². The Morgan fingerprint density at radius 1 is 0.750 bits per heavy atom. The largest absolute Gasteiger partial charge is 0.366 e. The summed E-state index contributed by atoms with van der Waals surface area (Å²) in [5.41, 5.74) is 4.34. The van der Waals surface area contributed by atoms with Gasteiger partial charge in [-0.15, -0.1) is 0 Å². The van der Waals surface area contributed by atoms with Crippen LogP contribution in [0, 0.1) is 0 Å². The van der Waals surface area contributed by atoms with Crippen LogP contribution >= 0.6 is 0 Å². The molecule has 0 saturated carbocycles. The van der Waals surface area contributed by atoms with E-state index in [4.69, 9.17) is 0 Å². The van der Waals surface area contributed by atoms with Crippen molar-refractivity contribution < 1.29 is 8.42 Å². The van der Waals surface area contributed by atoms with Crippen LogP contribution in [0.1, 0.15) is 11.1 Å². The molecule has 104 valence electrons. The molecule has 20 heavy (non-hydrogen) atoms. The molecule has 0 aromatic heterocycles. The van der Waals surface area contributed by atoms with E-state index in [9.17, 15) is 8.42 Å². The quantitative estimate of drug-likeness (QED) is 0.782. The zero-order valence-electron chi connectivity index (χ0n) is 11.0. The van der Waals surface area contributed by atoms with Crippen LogP contribution in [0.5, 0.6) is 0 Å². The van der Waals surface area contributed by atoms with Crippen molar-refractivity contribution in [1.82, 2.24) is 0 Å². The van der Waals surface area contributed by atoms with Crippen LogP contribution in [0.25, 0.3) is 0 Å². The number of benzene rings is 2. The second kappa shape index (κ2) is 5.17. The molecule has 0 radical (unpaired) electrons. The van der Waals surface area contributed by atoms with Crippen molar-refractivity contribution >= 4 is 21.2 Å². The highest BCUT2D eigenvalue weighted by molar-refractivity contribution is 7.90. The molecular formula is C15H16N2O2S. The Morgan fingerprint density at radius 3 is 1.70 bits per heavy atom. The summed E-state index contributed by atoms with van der Waals surface area (Å²) in [7, 11) is -2.81. The molecule has 2 aliphatic heterocycles. The second-order valence-electron chi connectivity index (χ2n) is 4.88. The van der Waals surface area contributed by atoms with Crippen molar-refractivity contribution in [1.29, 1.82) is 0 Å². The predicted octanol–water partition coefficient (Wildman–Crippen LogP) is 2.60. The van der Waals surface area contributed by atoms with Gasteiger partial charge in [-0.2, -0.15) is 0 Å². The Bertz CT molecular complexity index is 672. The number of hydrogen-bond donors (Lipinski definition) is 2. The lowest BCUT2D eigenvalue weighted by molar-refractivity contribution is 0.598. The molecule has 2 heterocycles. The third-order valence-corrected chi connectivity index (χ3v) is 4.86. The van der Waals surface area contributed by atoms with Crippen LogP contribution in [-0.4, -0.2) is 15.1 Å². The number of para-hydroxylation sites is 2. The number of rotatable bonds is 0. The highest BCUT2D eigenvalue weighted by Crippen LogP contribution is 2.24. The fraction of sp³-hybridized carbons (Fsp3) is 0.200. The van der Waals surface area contributed by atoms with E-state index in [-0.39, 0.29) is 11.5 Å². The normalized spacial score (nSPS) is 17.0. The summed E-state index contributed by atoms with van der Waals surface area (Å²) in [6.45, 7) is 0.860. The van der Waals surface area contributed by atoms with Gasteiger partial charge in [0.25, 0.3) is 0 Å². The highest BCUT2D eigenvalue weighted by atomic mass is 32.2. The summed E-state index contributed by atoms with van der Waals surface area (Å²) in [5.74, 6) is 0.451. The first-order valence-corrected chi connectivity index (χ1v) is 8.30. The summed E-state index contributed by atoms with van der Waals surface area (Å²) in [4.78, 5) is 0. The maximum Gasteiger partial charge on any atom is 0.158 e. The van der Waals surface area contributed by atoms with Gasteiger partial charge in [-0.25, -0.2) is 8.42 Å². The average molecular weight is 288 g/mol. The van der Waals surface area contributed by atoms with E-state index in [2.05, 4.69) is 22.8 Å². The fourth-order valence-corrected chi connectivity index (χ4v) is 4.00. The van der Waals surface area contributed by atoms with Crippen LogP contribution in [0.3, 0.4) is 0 Å². The minimum Gasteiger partial charge on any atom is -0.366 e. The maximum absolute atomic E-state index is 11.1. The molecule has 4 rings (SSSR count). The molecule has 2 aromatic rings. The summed E-state index contributed by atoms with van der Waals surface area (Å²) >= 11 is 0. The zero-order valence-corrected chi connectivity index (χ0v) is 11.8. The molecule has 0 unspecified atom stereocenters. The van der Waals surface area contributed by atoms with Gasteiger partial charge >= 0.3 is 0 Å². The number of fused-ring (bicyclic) bond motifs is 2. The molecule has 2 N–H and O–H groups in total. The Labute approximate surface area is 118 Å². The maximum atomic E-state index is 11.1. The van der Waals surface area contributed by atoms with Crippen molar-refractivity contribution in [2.75, 3.05) is 17.3 Å². The van der Waals surface area contributed by atoms with Gasteiger partial charge in [0.05, 0.1) is 29.5 Å². The summed E-state index contributed by atoms with van der Waals surface area (Å²) < 4.78 is 22.2. The minimum atomic E-state index is -2.81. The van der Waals surface area contributed by atoms with Crippen molar-refractivity contribution in [3.63, 3.8) is 0 Å². The standard InChI is InChI=1S/C8H8O2S.C7H8N2/c9-11(10)5-7-3-1-2-4-8(7)6-11;1-2-4-7-6(3-1)8-5-9-7/h1-4H,5-6H2;1-4,8-9H,5H2. The lowest BCUT2D eigenvalue weighted by Crippen LogP contribution is -1.98. The third-order valence-electron chi connectivity index (χ3n) is 3.35. The van der Waals surface area contributed by atoms with E-state index >= 15 is 0 Å². The van der Waals surface area contributed by atoms with Crippen molar-refractivity contribution in [3.8, 4) is 0 Å². The van der Waals surface area contributed by atoms with E-state index in [1.807, 2.05) is 36.4 Å². The van der Waals surface area contributed by atoms with Crippen LogP contribution in [-0.2, 0) is 21.3 Å². The Kier molecular flexibility index (Phi) is 3.36. The topological polar surface area (TPSA) is 58.2 Å². The molecule has 0 fully saturated rings. The van der Waals surface area contributed by atoms with E-state index in [0.717, 1.165) is 17.8 Å². The average Bonchev–Trinajstić information content (AvgIpc) is 3.00. The Balaban J connectivity index is 0.000000123. The first kappa shape index (κ1) is 13.0. The molecular weight excluding hydrogens is 272 g/mol. The lowest BCUT2D eigenvalue weighted by atomic mass is 10.1. The van der Waals surface area contributed by atoms with Gasteiger partial charge in [0.2, 0.25) is 0 Å². The van der Waals surface area contributed by atoms with Gasteiger partial charge in [-0.1, -0.05) is 36.4 Å². The van der Waals surface area contributed by atoms with Gasteiger partial charge < -0.3 is 10.6 Å². The summed E-state index contributed by atoms with van der Waals surface area (Å²) in [6.07, 6.45) is 0. The summed E-state index contributed by atoms with van der Waals surface area (Å²) in [5, 5.41) is 6.38. The SMILES string of the molecule is O=S1(=O)Cc2ccccc2C1.c1ccc2c(c1)NCN2. The molecule has 0 saturated heterocycles. The van der Waals surface area contributed by atoms with Crippen LogP contribution < -0.4 is 10.6 Å². The molecule has 4 nitrogen and oxygen atoms in total. The molecule has 2 aromatic carbocycles. The molecule has 0 amide bonds. The van der Waals surface area contributed by atoms with Crippen molar-refractivity contribution in [2.45, 2.75) is 11.5 Å². The molecule has 2 aliphatic rings. The van der Waals surface area contributed by atoms with Crippen molar-refractivity contribution in [3.05, 3.63) is 59.7 Å². The zero-order chi connectivity index (χ0) is 14.0. The Morgan fingerprint density at radius 2 is 1.20 bits per heavy atom. The highest BCUT2D eigenvalue weighted by Gasteiger charge is 2.23. The molecule has 0 spiro atoms.